The molecule has 27 heavy (non-hydrogen) atoms. The third kappa shape index (κ3) is 5.08. The third-order valence-electron chi connectivity index (χ3n) is 3.58. The largest absolute Gasteiger partial charge is 0.379 e. The van der Waals surface area contributed by atoms with E-state index in [1.165, 1.54) is 37.5 Å². The molecule has 10 nitrogen and oxygen atoms in total. The van der Waals surface area contributed by atoms with Gasteiger partial charge in [-0.2, -0.15) is 0 Å². The van der Waals surface area contributed by atoms with Crippen LogP contribution >= 0.6 is 0 Å². The van der Waals surface area contributed by atoms with E-state index in [0.29, 0.717) is 5.72 Å². The van der Waals surface area contributed by atoms with Crippen LogP contribution in [0.2, 0.25) is 0 Å². The van der Waals surface area contributed by atoms with Gasteiger partial charge in [0, 0.05) is 12.6 Å². The summed E-state index contributed by atoms with van der Waals surface area (Å²) in [6, 6.07) is 5.16. The molecule has 0 spiro atoms. The van der Waals surface area contributed by atoms with Crippen LogP contribution in [-0.4, -0.2) is 66.8 Å². The zero-order valence-electron chi connectivity index (χ0n) is 14.9. The Kier molecular flexibility index (Phi) is 5.91. The summed E-state index contributed by atoms with van der Waals surface area (Å²) in [5, 5.41) is 22.4. The summed E-state index contributed by atoms with van der Waals surface area (Å²) >= 11 is 0. The number of sulfone groups is 1. The molecule has 2 rings (SSSR count). The molecule has 2 amide bonds. The average Bonchev–Trinajstić information content (AvgIpc) is 2.62. The number of amides is 2. The Labute approximate surface area is 156 Å². The lowest BCUT2D eigenvalue weighted by Gasteiger charge is -2.21. The molecule has 1 heterocycles. The Morgan fingerprint density at radius 2 is 1.85 bits per heavy atom. The van der Waals surface area contributed by atoms with Gasteiger partial charge in [-0.15, -0.1) is 10.2 Å². The van der Waals surface area contributed by atoms with E-state index in [0.717, 1.165) is 6.92 Å². The zero-order valence-corrected chi connectivity index (χ0v) is 15.7. The standard InChI is InChI=1S/C15H18BN5O5S/c1-15(24,13(23)19-11-7-18-14(16)21-20-11)8-27(25,26)10-5-3-9(4-6-10)12(22)17-2/h3-7,24H,8,16H2,1-2H3,(H,17,22)(H,19,20,23)/t15-/m0/s1. The fraction of sp³-hybridized carbons (Fsp3) is 0.267. The van der Waals surface area contributed by atoms with Crippen molar-refractivity contribution in [3.8, 4) is 0 Å². The lowest BCUT2D eigenvalue weighted by atomic mass is 10.1. The first-order valence-corrected chi connectivity index (χ1v) is 9.45. The summed E-state index contributed by atoms with van der Waals surface area (Å²) in [6.45, 7) is 1.08. The van der Waals surface area contributed by atoms with Gasteiger partial charge in [0.15, 0.2) is 29.1 Å². The monoisotopic (exact) mass is 391 g/mol. The number of benzene rings is 1. The van der Waals surface area contributed by atoms with E-state index in [9.17, 15) is 23.1 Å². The summed E-state index contributed by atoms with van der Waals surface area (Å²) in [7, 11) is -0.942. The molecule has 142 valence electrons. The van der Waals surface area contributed by atoms with Crippen molar-refractivity contribution < 1.29 is 23.1 Å². The van der Waals surface area contributed by atoms with Crippen molar-refractivity contribution >= 4 is 41.0 Å². The van der Waals surface area contributed by atoms with Gasteiger partial charge in [0.05, 0.1) is 16.8 Å². The van der Waals surface area contributed by atoms with Gasteiger partial charge in [-0.1, -0.05) is 0 Å². The Morgan fingerprint density at radius 1 is 1.22 bits per heavy atom. The Balaban J connectivity index is 2.15. The number of nitrogens with zero attached hydrogens (tertiary/aromatic N) is 3. The number of aromatic nitrogens is 3. The van der Waals surface area contributed by atoms with Gasteiger partial charge < -0.3 is 15.7 Å². The summed E-state index contributed by atoms with van der Waals surface area (Å²) in [5.41, 5.74) is -1.56. The van der Waals surface area contributed by atoms with Crippen LogP contribution in [-0.2, 0) is 14.6 Å². The fourth-order valence-electron chi connectivity index (χ4n) is 2.12. The van der Waals surface area contributed by atoms with Crippen molar-refractivity contribution in [2.75, 3.05) is 18.1 Å². The van der Waals surface area contributed by atoms with Gasteiger partial charge in [0.25, 0.3) is 11.8 Å². The van der Waals surface area contributed by atoms with Crippen molar-refractivity contribution in [2.45, 2.75) is 17.4 Å². The highest BCUT2D eigenvalue weighted by Crippen LogP contribution is 2.19. The van der Waals surface area contributed by atoms with E-state index in [-0.39, 0.29) is 22.2 Å². The van der Waals surface area contributed by atoms with Crippen LogP contribution in [0.5, 0.6) is 0 Å². The number of carbonyl (C=O) groups is 2. The number of hydrogen-bond acceptors (Lipinski definition) is 8. The highest BCUT2D eigenvalue weighted by molar-refractivity contribution is 7.91. The number of rotatable bonds is 6. The van der Waals surface area contributed by atoms with Crippen molar-refractivity contribution in [1.29, 1.82) is 0 Å². The molecule has 0 aliphatic carbocycles. The first-order chi connectivity index (χ1) is 12.5. The number of anilines is 1. The lowest BCUT2D eigenvalue weighted by Crippen LogP contribution is -2.46. The maximum atomic E-state index is 12.5. The Bertz CT molecular complexity index is 946. The maximum Gasteiger partial charge on any atom is 0.258 e. The van der Waals surface area contributed by atoms with Crippen molar-refractivity contribution in [1.82, 2.24) is 20.5 Å². The molecule has 1 aromatic heterocycles. The second-order valence-corrected chi connectivity index (χ2v) is 7.97. The summed E-state index contributed by atoms with van der Waals surface area (Å²) in [4.78, 5) is 27.5. The topological polar surface area (TPSA) is 151 Å². The minimum atomic E-state index is -4.01. The molecule has 0 saturated heterocycles. The Morgan fingerprint density at radius 3 is 2.37 bits per heavy atom. The first-order valence-electron chi connectivity index (χ1n) is 7.80. The number of carbonyl (C=O) groups excluding carboxylic acids is 2. The molecule has 1 aromatic carbocycles. The Hall–Kier alpha value is -2.86. The summed E-state index contributed by atoms with van der Waals surface area (Å²) in [6.07, 6.45) is 1.24. The molecule has 0 bridgehead atoms. The fourth-order valence-corrected chi connectivity index (χ4v) is 3.71. The highest BCUT2D eigenvalue weighted by atomic mass is 32.2. The van der Waals surface area contributed by atoms with Crippen LogP contribution in [0.15, 0.2) is 35.4 Å². The molecule has 1 atom stereocenters. The first kappa shape index (κ1) is 20.5. The molecule has 0 saturated carbocycles. The van der Waals surface area contributed by atoms with Crippen LogP contribution in [0.3, 0.4) is 0 Å². The molecule has 3 N–H and O–H groups in total. The van der Waals surface area contributed by atoms with Gasteiger partial charge in [-0.3, -0.25) is 9.59 Å². The van der Waals surface area contributed by atoms with Crippen molar-refractivity contribution in [3.05, 3.63) is 36.0 Å². The van der Waals surface area contributed by atoms with E-state index in [4.69, 9.17) is 0 Å². The van der Waals surface area contributed by atoms with Gasteiger partial charge in [0.2, 0.25) is 0 Å². The van der Waals surface area contributed by atoms with Crippen LogP contribution in [0.25, 0.3) is 0 Å². The SMILES string of the molecule is Bc1ncc(NC(=O)[C@@](C)(O)CS(=O)(=O)c2ccc(C(=O)NC)cc2)nn1. The van der Waals surface area contributed by atoms with Gasteiger partial charge in [-0.05, 0) is 31.2 Å². The second-order valence-electron chi connectivity index (χ2n) is 5.98. The molecule has 0 aliphatic heterocycles. The predicted octanol–water partition coefficient (Wildman–Crippen LogP) is -2.35. The lowest BCUT2D eigenvalue weighted by molar-refractivity contribution is -0.130. The molecule has 2 aromatic rings. The van der Waals surface area contributed by atoms with Gasteiger partial charge >= 0.3 is 0 Å². The maximum absolute atomic E-state index is 12.5. The second kappa shape index (κ2) is 7.80. The summed E-state index contributed by atoms with van der Waals surface area (Å²) in [5.74, 6) is -2.21. The molecular weight excluding hydrogens is 373 g/mol. The molecule has 0 fully saturated rings. The van der Waals surface area contributed by atoms with E-state index in [1.54, 1.807) is 7.85 Å². The molecule has 0 unspecified atom stereocenters. The smallest absolute Gasteiger partial charge is 0.258 e. The quantitative estimate of drug-likeness (QED) is 0.463. The van der Waals surface area contributed by atoms with Crippen LogP contribution in [0, 0.1) is 0 Å². The van der Waals surface area contributed by atoms with Crippen molar-refractivity contribution in [3.63, 3.8) is 0 Å². The van der Waals surface area contributed by atoms with Crippen LogP contribution < -0.4 is 16.4 Å². The molecular formula is C15H18BN5O5S. The van der Waals surface area contributed by atoms with Gasteiger partial charge in [0.1, 0.15) is 5.72 Å². The number of nitrogens with one attached hydrogen (secondary N) is 2. The van der Waals surface area contributed by atoms with Crippen LogP contribution in [0.4, 0.5) is 5.82 Å². The minimum Gasteiger partial charge on any atom is -0.379 e. The minimum absolute atomic E-state index is 0.0156. The predicted molar refractivity (Wildman–Crippen MR) is 99.1 cm³/mol. The average molecular weight is 391 g/mol. The molecule has 12 heteroatoms. The normalized spacial score (nSPS) is 13.4. The number of hydrogen-bond donors (Lipinski definition) is 3. The zero-order chi connectivity index (χ0) is 20.2. The highest BCUT2D eigenvalue weighted by Gasteiger charge is 2.37. The third-order valence-corrected chi connectivity index (χ3v) is 5.51. The van der Waals surface area contributed by atoms with E-state index >= 15 is 0 Å². The van der Waals surface area contributed by atoms with Crippen molar-refractivity contribution in [2.24, 2.45) is 0 Å². The van der Waals surface area contributed by atoms with Gasteiger partial charge in [-0.25, -0.2) is 13.4 Å². The van der Waals surface area contributed by atoms with E-state index < -0.39 is 27.1 Å². The molecule has 0 aliphatic rings. The number of aliphatic hydroxyl groups is 1. The summed E-state index contributed by atoms with van der Waals surface area (Å²) < 4.78 is 25.0. The van der Waals surface area contributed by atoms with E-state index in [2.05, 4.69) is 25.8 Å². The van der Waals surface area contributed by atoms with Crippen LogP contribution in [0.1, 0.15) is 17.3 Å². The molecule has 0 radical (unpaired) electrons. The van der Waals surface area contributed by atoms with E-state index in [1.807, 2.05) is 0 Å².